The van der Waals surface area contributed by atoms with Gasteiger partial charge in [-0.3, -0.25) is 9.59 Å². The Morgan fingerprint density at radius 3 is 2.64 bits per heavy atom. The van der Waals surface area contributed by atoms with Crippen molar-refractivity contribution in [2.75, 3.05) is 5.32 Å². The number of hydrogen-bond acceptors (Lipinski definition) is 3. The van der Waals surface area contributed by atoms with Crippen molar-refractivity contribution in [1.82, 2.24) is 4.57 Å². The van der Waals surface area contributed by atoms with Crippen molar-refractivity contribution < 1.29 is 18.3 Å². The Morgan fingerprint density at radius 1 is 1.32 bits per heavy atom. The molecular weight excluding hydrogens is 318 g/mol. The number of anilines is 1. The first-order valence-corrected chi connectivity index (χ1v) is 6.47. The molecule has 8 heteroatoms. The number of carbonyl (C=O) groups excluding carboxylic acids is 1. The maximum Gasteiger partial charge on any atom is 0.387 e. The van der Waals surface area contributed by atoms with E-state index in [1.165, 1.54) is 41.1 Å². The molecule has 116 valence electrons. The third-order valence-electron chi connectivity index (χ3n) is 2.77. The van der Waals surface area contributed by atoms with Crippen molar-refractivity contribution in [1.29, 1.82) is 0 Å². The molecule has 0 aliphatic heterocycles. The van der Waals surface area contributed by atoms with Crippen molar-refractivity contribution in [3.8, 4) is 5.75 Å². The minimum atomic E-state index is -2.99. The molecule has 0 saturated heterocycles. The first-order valence-electron chi connectivity index (χ1n) is 6.09. The third kappa shape index (κ3) is 3.82. The summed E-state index contributed by atoms with van der Waals surface area (Å²) in [6, 6.07) is 6.52. The van der Waals surface area contributed by atoms with Crippen molar-refractivity contribution >= 4 is 23.2 Å². The topological polar surface area (TPSA) is 60.3 Å². The highest BCUT2D eigenvalue weighted by molar-refractivity contribution is 6.32. The minimum absolute atomic E-state index is 0.0675. The molecule has 0 saturated carbocycles. The lowest BCUT2D eigenvalue weighted by Gasteiger charge is -2.09. The van der Waals surface area contributed by atoms with Crippen LogP contribution in [0.15, 0.2) is 41.3 Å². The Kier molecular flexibility index (Phi) is 4.77. The van der Waals surface area contributed by atoms with Gasteiger partial charge in [0, 0.05) is 30.6 Å². The molecule has 0 atom stereocenters. The van der Waals surface area contributed by atoms with Gasteiger partial charge >= 0.3 is 6.61 Å². The molecule has 2 aromatic rings. The van der Waals surface area contributed by atoms with Gasteiger partial charge in [-0.05, 0) is 24.3 Å². The Labute approximate surface area is 129 Å². The number of halogens is 3. The molecule has 1 aromatic carbocycles. The van der Waals surface area contributed by atoms with Crippen LogP contribution in [0.2, 0.25) is 5.02 Å². The summed E-state index contributed by atoms with van der Waals surface area (Å²) in [6.45, 7) is -2.99. The average Bonchev–Trinajstić information content (AvgIpc) is 2.44. The molecule has 2 rings (SSSR count). The summed E-state index contributed by atoms with van der Waals surface area (Å²) in [7, 11) is 1.56. The zero-order chi connectivity index (χ0) is 16.3. The van der Waals surface area contributed by atoms with Crippen LogP contribution in [-0.4, -0.2) is 17.1 Å². The fourth-order valence-electron chi connectivity index (χ4n) is 1.66. The molecule has 1 aromatic heterocycles. The van der Waals surface area contributed by atoms with Crippen molar-refractivity contribution in [2.45, 2.75) is 6.61 Å². The number of alkyl halides is 2. The van der Waals surface area contributed by atoms with Crippen LogP contribution in [0.1, 0.15) is 10.4 Å². The maximum atomic E-state index is 12.1. The highest BCUT2D eigenvalue weighted by atomic mass is 35.5. The summed E-state index contributed by atoms with van der Waals surface area (Å²) in [5, 5.41) is 2.44. The third-order valence-corrected chi connectivity index (χ3v) is 3.07. The zero-order valence-corrected chi connectivity index (χ0v) is 12.1. The quantitative estimate of drug-likeness (QED) is 0.938. The number of nitrogens with one attached hydrogen (secondary N) is 1. The number of carbonyl (C=O) groups is 1. The highest BCUT2D eigenvalue weighted by Crippen LogP contribution is 2.29. The first-order chi connectivity index (χ1) is 10.4. The van der Waals surface area contributed by atoms with Gasteiger partial charge in [-0.1, -0.05) is 11.6 Å². The molecule has 0 radical (unpaired) electrons. The van der Waals surface area contributed by atoms with E-state index in [9.17, 15) is 18.4 Å². The molecule has 0 spiro atoms. The number of aryl methyl sites for hydroxylation is 1. The lowest BCUT2D eigenvalue weighted by Crippen LogP contribution is -2.20. The Bertz CT molecular complexity index is 762. The second kappa shape index (κ2) is 6.57. The molecule has 22 heavy (non-hydrogen) atoms. The van der Waals surface area contributed by atoms with Gasteiger partial charge in [0.2, 0.25) is 0 Å². The number of hydrogen-bond donors (Lipinski definition) is 1. The number of rotatable bonds is 4. The maximum absolute atomic E-state index is 12.1. The minimum Gasteiger partial charge on any atom is -0.433 e. The van der Waals surface area contributed by atoms with Gasteiger partial charge in [-0.25, -0.2) is 0 Å². The molecule has 0 bridgehead atoms. The molecule has 1 N–H and O–H groups in total. The van der Waals surface area contributed by atoms with E-state index in [1.807, 2.05) is 0 Å². The average molecular weight is 329 g/mol. The summed E-state index contributed by atoms with van der Waals surface area (Å²) in [5.41, 5.74) is 0.135. The first kappa shape index (κ1) is 16.0. The summed E-state index contributed by atoms with van der Waals surface area (Å²) in [5.74, 6) is -0.709. The van der Waals surface area contributed by atoms with Crippen LogP contribution in [0.25, 0.3) is 0 Å². The standard InChI is InChI=1S/C14H11ClF2N2O3/c1-19-5-4-8(6-12(19)20)13(21)18-9-2-3-11(10(15)7-9)22-14(16)17/h2-7,14H,1H3,(H,18,21). The lowest BCUT2D eigenvalue weighted by molar-refractivity contribution is -0.0497. The Morgan fingerprint density at radius 2 is 2.05 bits per heavy atom. The SMILES string of the molecule is Cn1ccc(C(=O)Nc2ccc(OC(F)F)c(Cl)c2)cc1=O. The van der Waals surface area contributed by atoms with Crippen LogP contribution in [0.5, 0.6) is 5.75 Å². The number of aromatic nitrogens is 1. The van der Waals surface area contributed by atoms with Gasteiger partial charge in [0.25, 0.3) is 11.5 Å². The van der Waals surface area contributed by atoms with Crippen LogP contribution in [-0.2, 0) is 7.05 Å². The van der Waals surface area contributed by atoms with Crippen LogP contribution >= 0.6 is 11.6 Å². The molecule has 1 heterocycles. The highest BCUT2D eigenvalue weighted by Gasteiger charge is 2.11. The van der Waals surface area contributed by atoms with Crippen molar-refractivity contribution in [3.05, 3.63) is 57.5 Å². The van der Waals surface area contributed by atoms with Gasteiger partial charge in [0.15, 0.2) is 0 Å². The summed E-state index contributed by atoms with van der Waals surface area (Å²) < 4.78 is 29.8. The van der Waals surface area contributed by atoms with E-state index in [1.54, 1.807) is 7.05 Å². The summed E-state index contributed by atoms with van der Waals surface area (Å²) in [6.07, 6.45) is 1.46. The Hall–Kier alpha value is -2.41. The van der Waals surface area contributed by atoms with Crippen LogP contribution in [0.4, 0.5) is 14.5 Å². The molecule has 0 aliphatic rings. The fourth-order valence-corrected chi connectivity index (χ4v) is 1.89. The number of benzene rings is 1. The molecule has 0 fully saturated rings. The van der Waals surface area contributed by atoms with Gasteiger partial charge in [0.1, 0.15) is 5.75 Å². The smallest absolute Gasteiger partial charge is 0.387 e. The monoisotopic (exact) mass is 328 g/mol. The second-order valence-electron chi connectivity index (χ2n) is 4.34. The second-order valence-corrected chi connectivity index (χ2v) is 4.75. The summed E-state index contributed by atoms with van der Waals surface area (Å²) in [4.78, 5) is 23.5. The number of amides is 1. The molecule has 5 nitrogen and oxygen atoms in total. The van der Waals surface area contributed by atoms with Gasteiger partial charge in [-0.2, -0.15) is 8.78 Å². The van der Waals surface area contributed by atoms with E-state index >= 15 is 0 Å². The number of nitrogens with zero attached hydrogens (tertiary/aromatic N) is 1. The molecule has 0 unspecified atom stereocenters. The predicted octanol–water partition coefficient (Wildman–Crippen LogP) is 2.89. The van der Waals surface area contributed by atoms with Gasteiger partial charge in [-0.15, -0.1) is 0 Å². The van der Waals surface area contributed by atoms with E-state index in [0.717, 1.165) is 0 Å². The predicted molar refractivity (Wildman–Crippen MR) is 77.7 cm³/mol. The van der Waals surface area contributed by atoms with Crippen molar-refractivity contribution in [2.24, 2.45) is 7.05 Å². The van der Waals surface area contributed by atoms with E-state index in [0.29, 0.717) is 0 Å². The number of pyridine rings is 1. The van der Waals surface area contributed by atoms with E-state index in [4.69, 9.17) is 11.6 Å². The largest absolute Gasteiger partial charge is 0.433 e. The number of ether oxygens (including phenoxy) is 1. The van der Waals surface area contributed by atoms with Crippen LogP contribution in [0, 0.1) is 0 Å². The fraction of sp³-hybridized carbons (Fsp3) is 0.143. The molecular formula is C14H11ClF2N2O3. The molecule has 0 aliphatic carbocycles. The van der Waals surface area contributed by atoms with Gasteiger partial charge in [0.05, 0.1) is 5.02 Å². The summed E-state index contributed by atoms with van der Waals surface area (Å²) >= 11 is 5.79. The van der Waals surface area contributed by atoms with E-state index in [2.05, 4.69) is 10.1 Å². The normalized spacial score (nSPS) is 10.6. The Balaban J connectivity index is 2.16. The van der Waals surface area contributed by atoms with Crippen molar-refractivity contribution in [3.63, 3.8) is 0 Å². The van der Waals surface area contributed by atoms with E-state index < -0.39 is 12.5 Å². The van der Waals surface area contributed by atoms with E-state index in [-0.39, 0.29) is 27.6 Å². The van der Waals surface area contributed by atoms with Crippen LogP contribution in [0.3, 0.4) is 0 Å². The van der Waals surface area contributed by atoms with Gasteiger partial charge < -0.3 is 14.6 Å². The molecule has 1 amide bonds. The van der Waals surface area contributed by atoms with Crippen LogP contribution < -0.4 is 15.6 Å². The lowest BCUT2D eigenvalue weighted by atomic mass is 10.2. The zero-order valence-electron chi connectivity index (χ0n) is 11.3.